The Balaban J connectivity index is 1.49. The van der Waals surface area contributed by atoms with Gasteiger partial charge in [0.25, 0.3) is 0 Å². The zero-order chi connectivity index (χ0) is 19.2. The van der Waals surface area contributed by atoms with Gasteiger partial charge in [-0.1, -0.05) is 78.9 Å². The Morgan fingerprint density at radius 1 is 0.821 bits per heavy atom. The molecule has 140 valence electrons. The summed E-state index contributed by atoms with van der Waals surface area (Å²) in [7, 11) is 0. The molecule has 28 heavy (non-hydrogen) atoms. The van der Waals surface area contributed by atoms with Crippen LogP contribution in [0.15, 0.2) is 91.1 Å². The second-order valence-corrected chi connectivity index (χ2v) is 7.21. The third-order valence-corrected chi connectivity index (χ3v) is 5.25. The quantitative estimate of drug-likeness (QED) is 0.411. The van der Waals surface area contributed by atoms with E-state index in [4.69, 9.17) is 12.2 Å². The van der Waals surface area contributed by atoms with Crippen LogP contribution < -0.4 is 10.6 Å². The maximum absolute atomic E-state index is 5.52. The van der Waals surface area contributed by atoms with Crippen LogP contribution in [0.25, 0.3) is 10.9 Å². The van der Waals surface area contributed by atoms with E-state index in [0.29, 0.717) is 5.11 Å². The molecule has 0 saturated heterocycles. The molecule has 1 aromatic heterocycles. The zero-order valence-electron chi connectivity index (χ0n) is 15.6. The van der Waals surface area contributed by atoms with Gasteiger partial charge < -0.3 is 15.6 Å². The van der Waals surface area contributed by atoms with Crippen LogP contribution in [0.2, 0.25) is 0 Å². The third kappa shape index (κ3) is 4.24. The van der Waals surface area contributed by atoms with Gasteiger partial charge in [0, 0.05) is 36.1 Å². The van der Waals surface area contributed by atoms with Crippen molar-refractivity contribution >= 4 is 28.2 Å². The molecule has 0 unspecified atom stereocenters. The molecule has 0 spiro atoms. The molecular weight excluding hydrogens is 362 g/mol. The van der Waals surface area contributed by atoms with Crippen LogP contribution in [0.5, 0.6) is 0 Å². The van der Waals surface area contributed by atoms with Crippen molar-refractivity contribution in [2.24, 2.45) is 0 Å². The highest BCUT2D eigenvalue weighted by Gasteiger charge is 2.18. The van der Waals surface area contributed by atoms with Gasteiger partial charge >= 0.3 is 0 Å². The van der Waals surface area contributed by atoms with E-state index in [9.17, 15) is 0 Å². The van der Waals surface area contributed by atoms with Crippen molar-refractivity contribution in [2.45, 2.75) is 12.5 Å². The average molecular weight is 386 g/mol. The number of H-pyrrole nitrogens is 1. The number of benzene rings is 3. The smallest absolute Gasteiger partial charge is 0.166 e. The minimum absolute atomic E-state index is 0.203. The van der Waals surface area contributed by atoms with Crippen LogP contribution in [-0.4, -0.2) is 16.6 Å². The van der Waals surface area contributed by atoms with Crippen LogP contribution in [-0.2, 0) is 6.54 Å². The number of thiocarbonyl (C=S) groups is 1. The molecule has 0 aliphatic carbocycles. The number of para-hydroxylation sites is 1. The summed E-state index contributed by atoms with van der Waals surface area (Å²) in [5.74, 6) is 0.203. The van der Waals surface area contributed by atoms with E-state index in [1.54, 1.807) is 0 Å². The van der Waals surface area contributed by atoms with Gasteiger partial charge in [-0.25, -0.2) is 0 Å². The second kappa shape index (κ2) is 8.72. The molecule has 0 bridgehead atoms. The first-order chi connectivity index (χ1) is 13.8. The van der Waals surface area contributed by atoms with E-state index in [2.05, 4.69) is 88.5 Å². The summed E-state index contributed by atoms with van der Waals surface area (Å²) >= 11 is 5.52. The Morgan fingerprint density at radius 2 is 1.50 bits per heavy atom. The van der Waals surface area contributed by atoms with E-state index < -0.39 is 0 Å². The lowest BCUT2D eigenvalue weighted by molar-refractivity contribution is 0.743. The summed E-state index contributed by atoms with van der Waals surface area (Å²) in [6.45, 7) is 1.45. The van der Waals surface area contributed by atoms with Crippen molar-refractivity contribution in [1.29, 1.82) is 0 Å². The molecule has 0 aliphatic rings. The molecule has 3 nitrogen and oxygen atoms in total. The average Bonchev–Trinajstić information content (AvgIpc) is 3.18. The topological polar surface area (TPSA) is 39.8 Å². The molecule has 0 aliphatic heterocycles. The minimum Gasteiger partial charge on any atom is -0.362 e. The lowest BCUT2D eigenvalue weighted by atomic mass is 9.91. The number of fused-ring (bicyclic) bond motifs is 1. The SMILES string of the molecule is S=C(NCc1ccccc1)NC[C@H](c1ccccc1)c1c[nH]c2ccccc12. The van der Waals surface area contributed by atoms with Crippen LogP contribution in [0, 0.1) is 0 Å². The van der Waals surface area contributed by atoms with Crippen molar-refractivity contribution in [3.8, 4) is 0 Å². The highest BCUT2D eigenvalue weighted by atomic mass is 32.1. The van der Waals surface area contributed by atoms with E-state index in [0.717, 1.165) is 18.6 Å². The maximum Gasteiger partial charge on any atom is 0.166 e. The van der Waals surface area contributed by atoms with Crippen LogP contribution >= 0.6 is 12.2 Å². The van der Waals surface area contributed by atoms with Gasteiger partial charge in [0.15, 0.2) is 5.11 Å². The Kier molecular flexibility index (Phi) is 5.69. The monoisotopic (exact) mass is 385 g/mol. The van der Waals surface area contributed by atoms with Crippen molar-refractivity contribution < 1.29 is 0 Å². The van der Waals surface area contributed by atoms with Crippen molar-refractivity contribution in [1.82, 2.24) is 15.6 Å². The summed E-state index contributed by atoms with van der Waals surface area (Å²) < 4.78 is 0. The van der Waals surface area contributed by atoms with Crippen molar-refractivity contribution in [3.05, 3.63) is 108 Å². The fraction of sp³-hybridized carbons (Fsp3) is 0.125. The molecule has 3 aromatic carbocycles. The number of hydrogen-bond donors (Lipinski definition) is 3. The predicted molar refractivity (Wildman–Crippen MR) is 120 cm³/mol. The van der Waals surface area contributed by atoms with Crippen LogP contribution in [0.4, 0.5) is 0 Å². The Labute approximate surface area is 170 Å². The first-order valence-electron chi connectivity index (χ1n) is 9.48. The molecule has 0 amide bonds. The number of aromatic amines is 1. The highest BCUT2D eigenvalue weighted by Crippen LogP contribution is 2.30. The first-order valence-corrected chi connectivity index (χ1v) is 9.88. The van der Waals surface area contributed by atoms with Crippen molar-refractivity contribution in [3.63, 3.8) is 0 Å². The number of hydrogen-bond acceptors (Lipinski definition) is 1. The van der Waals surface area contributed by atoms with Gasteiger partial charge in [0.1, 0.15) is 0 Å². The summed E-state index contributed by atoms with van der Waals surface area (Å²) in [4.78, 5) is 3.40. The van der Waals surface area contributed by atoms with Crippen LogP contribution in [0.1, 0.15) is 22.6 Å². The molecule has 4 rings (SSSR count). The molecule has 0 radical (unpaired) electrons. The van der Waals surface area contributed by atoms with E-state index in [-0.39, 0.29) is 5.92 Å². The molecule has 1 heterocycles. The van der Waals surface area contributed by atoms with Gasteiger partial charge in [-0.3, -0.25) is 0 Å². The summed E-state index contributed by atoms with van der Waals surface area (Å²) in [5, 5.41) is 8.63. The molecule has 4 heteroatoms. The second-order valence-electron chi connectivity index (χ2n) is 6.80. The minimum atomic E-state index is 0.203. The third-order valence-electron chi connectivity index (χ3n) is 4.96. The predicted octanol–water partition coefficient (Wildman–Crippen LogP) is 4.96. The fourth-order valence-electron chi connectivity index (χ4n) is 3.51. The zero-order valence-corrected chi connectivity index (χ0v) is 16.4. The largest absolute Gasteiger partial charge is 0.362 e. The first kappa shape index (κ1) is 18.3. The fourth-order valence-corrected chi connectivity index (χ4v) is 3.67. The summed E-state index contributed by atoms with van der Waals surface area (Å²) in [5.41, 5.74) is 4.91. The van der Waals surface area contributed by atoms with Crippen molar-refractivity contribution in [2.75, 3.05) is 6.54 Å². The Bertz CT molecular complexity index is 1040. The molecule has 0 saturated carbocycles. The van der Waals surface area contributed by atoms with Gasteiger partial charge in [-0.15, -0.1) is 0 Å². The number of rotatable bonds is 6. The lowest BCUT2D eigenvalue weighted by Gasteiger charge is -2.19. The standard InChI is InChI=1S/C24H23N3S/c28-24(26-15-18-9-3-1-4-10-18)27-16-21(19-11-5-2-6-12-19)22-17-25-23-14-8-7-13-20(22)23/h1-14,17,21,25H,15-16H2,(H2,26,27,28)/t21-/m1/s1. The lowest BCUT2D eigenvalue weighted by Crippen LogP contribution is -2.37. The highest BCUT2D eigenvalue weighted by molar-refractivity contribution is 7.80. The van der Waals surface area contributed by atoms with E-state index in [1.165, 1.54) is 22.1 Å². The molecular formula is C24H23N3S. The molecule has 3 N–H and O–H groups in total. The van der Waals surface area contributed by atoms with Gasteiger partial charge in [-0.2, -0.15) is 0 Å². The Morgan fingerprint density at radius 3 is 2.29 bits per heavy atom. The maximum atomic E-state index is 5.52. The van der Waals surface area contributed by atoms with Gasteiger partial charge in [0.05, 0.1) is 0 Å². The molecule has 1 atom stereocenters. The normalized spacial score (nSPS) is 11.9. The Hall–Kier alpha value is -3.11. The molecule has 4 aromatic rings. The van der Waals surface area contributed by atoms with E-state index >= 15 is 0 Å². The van der Waals surface area contributed by atoms with Gasteiger partial charge in [0.2, 0.25) is 0 Å². The summed E-state index contributed by atoms with van der Waals surface area (Å²) in [6.07, 6.45) is 2.12. The van der Waals surface area contributed by atoms with Gasteiger partial charge in [-0.05, 0) is 35.0 Å². The summed E-state index contributed by atoms with van der Waals surface area (Å²) in [6, 6.07) is 29.3. The van der Waals surface area contributed by atoms with Crippen LogP contribution in [0.3, 0.4) is 0 Å². The number of nitrogens with one attached hydrogen (secondary N) is 3. The number of aromatic nitrogens is 1. The van der Waals surface area contributed by atoms with E-state index in [1.807, 2.05) is 18.2 Å². The molecule has 0 fully saturated rings.